The van der Waals surface area contributed by atoms with Crippen LogP contribution in [0.25, 0.3) is 0 Å². The molecule has 1 unspecified atom stereocenters. The zero-order chi connectivity index (χ0) is 25.7. The second-order valence-electron chi connectivity index (χ2n) is 9.30. The van der Waals surface area contributed by atoms with Gasteiger partial charge in [-0.05, 0) is 72.2 Å². The number of aryl methyl sites for hydroxylation is 2. The number of para-hydroxylation sites is 1. The van der Waals surface area contributed by atoms with Crippen molar-refractivity contribution < 1.29 is 19.5 Å². The molecule has 0 bridgehead atoms. The van der Waals surface area contributed by atoms with Gasteiger partial charge in [0.25, 0.3) is 0 Å². The van der Waals surface area contributed by atoms with Crippen LogP contribution in [-0.2, 0) is 22.4 Å². The molecule has 36 heavy (non-hydrogen) atoms. The first-order valence-corrected chi connectivity index (χ1v) is 12.2. The molecule has 3 aromatic rings. The van der Waals surface area contributed by atoms with Crippen LogP contribution in [0.3, 0.4) is 0 Å². The molecule has 0 saturated carbocycles. The number of anilines is 3. The first-order chi connectivity index (χ1) is 17.3. The summed E-state index contributed by atoms with van der Waals surface area (Å²) in [6.45, 7) is 4.50. The highest BCUT2D eigenvalue weighted by Crippen LogP contribution is 2.31. The average Bonchev–Trinajstić information content (AvgIpc) is 2.85. The fraction of sp³-hybridized carbons (Fsp3) is 0.276. The van der Waals surface area contributed by atoms with Crippen molar-refractivity contribution in [2.75, 3.05) is 22.1 Å². The van der Waals surface area contributed by atoms with E-state index >= 15 is 0 Å². The minimum Gasteiger partial charge on any atom is -0.481 e. The van der Waals surface area contributed by atoms with E-state index < -0.39 is 5.97 Å². The molecular weight excluding hydrogens is 454 g/mol. The van der Waals surface area contributed by atoms with Crippen LogP contribution in [0, 0.1) is 6.92 Å². The molecule has 186 valence electrons. The van der Waals surface area contributed by atoms with E-state index in [1.165, 1.54) is 0 Å². The van der Waals surface area contributed by atoms with Gasteiger partial charge in [0.2, 0.25) is 5.91 Å². The quantitative estimate of drug-likeness (QED) is 0.397. The fourth-order valence-electron chi connectivity index (χ4n) is 4.54. The van der Waals surface area contributed by atoms with E-state index in [0.717, 1.165) is 46.5 Å². The standard InChI is InChI=1S/C29H31N3O4/c1-19-6-3-4-8-25(19)31-29(36)30-24-12-9-21(10-13-24)17-27(33)32-15-5-7-23-18-22(11-14-26(23)32)20(2)16-28(34)35/h3-4,6,8-14,18,20H,5,7,15-17H2,1-2H3,(H,34,35)(H2,30,31,36). The SMILES string of the molecule is Cc1ccccc1NC(=O)Nc1ccc(CC(=O)N2CCCc3cc(C(C)CC(=O)O)ccc32)cc1. The maximum absolute atomic E-state index is 13.2. The number of hydrogen-bond donors (Lipinski definition) is 3. The molecular formula is C29H31N3O4. The number of carbonyl (C=O) groups excluding carboxylic acids is 2. The van der Waals surface area contributed by atoms with Gasteiger partial charge in [-0.3, -0.25) is 9.59 Å². The van der Waals surface area contributed by atoms with Crippen molar-refractivity contribution in [2.45, 2.75) is 45.4 Å². The molecule has 0 aromatic heterocycles. The Morgan fingerprint density at radius 3 is 2.47 bits per heavy atom. The van der Waals surface area contributed by atoms with Crippen LogP contribution in [0.4, 0.5) is 21.9 Å². The number of carboxylic acids is 1. The van der Waals surface area contributed by atoms with Crippen molar-refractivity contribution in [1.82, 2.24) is 0 Å². The fourth-order valence-corrected chi connectivity index (χ4v) is 4.54. The number of benzene rings is 3. The molecule has 7 heteroatoms. The minimum absolute atomic E-state index is 0.0142. The molecule has 1 aliphatic rings. The topological polar surface area (TPSA) is 98.7 Å². The van der Waals surface area contributed by atoms with E-state index in [2.05, 4.69) is 10.6 Å². The van der Waals surface area contributed by atoms with Crippen LogP contribution in [0.1, 0.15) is 47.9 Å². The molecule has 0 fully saturated rings. The highest BCUT2D eigenvalue weighted by atomic mass is 16.4. The number of amides is 3. The summed E-state index contributed by atoms with van der Waals surface area (Å²) in [7, 11) is 0. The van der Waals surface area contributed by atoms with Gasteiger partial charge in [-0.2, -0.15) is 0 Å². The average molecular weight is 486 g/mol. The molecule has 7 nitrogen and oxygen atoms in total. The minimum atomic E-state index is -0.815. The highest BCUT2D eigenvalue weighted by molar-refractivity contribution is 6.00. The second kappa shape index (κ2) is 11.1. The molecule has 3 amide bonds. The number of urea groups is 1. The Hall–Kier alpha value is -4.13. The monoisotopic (exact) mass is 485 g/mol. The number of nitrogens with one attached hydrogen (secondary N) is 2. The van der Waals surface area contributed by atoms with Crippen molar-refractivity contribution in [2.24, 2.45) is 0 Å². The molecule has 4 rings (SSSR count). The Morgan fingerprint density at radius 2 is 1.75 bits per heavy atom. The van der Waals surface area contributed by atoms with Crippen LogP contribution in [-0.4, -0.2) is 29.6 Å². The second-order valence-corrected chi connectivity index (χ2v) is 9.30. The molecule has 1 aliphatic heterocycles. The van der Waals surface area contributed by atoms with Crippen molar-refractivity contribution in [3.05, 3.63) is 89.0 Å². The normalized spacial score (nSPS) is 13.4. The summed E-state index contributed by atoms with van der Waals surface area (Å²) >= 11 is 0. The molecule has 0 aliphatic carbocycles. The highest BCUT2D eigenvalue weighted by Gasteiger charge is 2.24. The number of fused-ring (bicyclic) bond motifs is 1. The third kappa shape index (κ3) is 6.10. The molecule has 3 N–H and O–H groups in total. The molecule has 1 heterocycles. The van der Waals surface area contributed by atoms with Gasteiger partial charge in [0.15, 0.2) is 0 Å². The third-order valence-electron chi connectivity index (χ3n) is 6.53. The molecule has 0 spiro atoms. The summed E-state index contributed by atoms with van der Waals surface area (Å²) in [4.78, 5) is 38.4. The Labute approximate surface area is 211 Å². The number of carbonyl (C=O) groups is 3. The maximum Gasteiger partial charge on any atom is 0.323 e. The Morgan fingerprint density at radius 1 is 1.00 bits per heavy atom. The van der Waals surface area contributed by atoms with Gasteiger partial charge in [0.05, 0.1) is 12.8 Å². The van der Waals surface area contributed by atoms with Gasteiger partial charge in [0, 0.05) is 23.6 Å². The van der Waals surface area contributed by atoms with Gasteiger partial charge >= 0.3 is 12.0 Å². The summed E-state index contributed by atoms with van der Waals surface area (Å²) in [6.07, 6.45) is 2.08. The number of rotatable bonds is 7. The molecule has 0 radical (unpaired) electrons. The van der Waals surface area contributed by atoms with E-state index in [0.29, 0.717) is 12.2 Å². The van der Waals surface area contributed by atoms with Crippen molar-refractivity contribution >= 4 is 35.0 Å². The summed E-state index contributed by atoms with van der Waals surface area (Å²) in [6, 6.07) is 20.4. The van der Waals surface area contributed by atoms with Crippen LogP contribution in [0.15, 0.2) is 66.7 Å². The number of nitrogens with zero attached hydrogens (tertiary/aromatic N) is 1. The summed E-state index contributed by atoms with van der Waals surface area (Å²) in [5.74, 6) is -0.879. The van der Waals surface area contributed by atoms with Crippen LogP contribution in [0.5, 0.6) is 0 Å². The Balaban J connectivity index is 1.38. The van der Waals surface area contributed by atoms with Crippen LogP contribution >= 0.6 is 0 Å². The van der Waals surface area contributed by atoms with Gasteiger partial charge in [-0.25, -0.2) is 4.79 Å². The number of carboxylic acid groups (broad SMARTS) is 1. The van der Waals surface area contributed by atoms with Crippen molar-refractivity contribution in [3.8, 4) is 0 Å². The van der Waals surface area contributed by atoms with Gasteiger partial charge in [-0.1, -0.05) is 49.4 Å². The van der Waals surface area contributed by atoms with Crippen molar-refractivity contribution in [3.63, 3.8) is 0 Å². The maximum atomic E-state index is 13.2. The predicted octanol–water partition coefficient (Wildman–Crippen LogP) is 5.74. The largest absolute Gasteiger partial charge is 0.481 e. The van der Waals surface area contributed by atoms with Gasteiger partial charge in [-0.15, -0.1) is 0 Å². The third-order valence-corrected chi connectivity index (χ3v) is 6.53. The Kier molecular flexibility index (Phi) is 7.68. The van der Waals surface area contributed by atoms with E-state index in [1.54, 1.807) is 12.1 Å². The van der Waals surface area contributed by atoms with E-state index in [4.69, 9.17) is 5.11 Å². The van der Waals surface area contributed by atoms with E-state index in [9.17, 15) is 14.4 Å². The first-order valence-electron chi connectivity index (χ1n) is 12.2. The van der Waals surface area contributed by atoms with Crippen LogP contribution in [0.2, 0.25) is 0 Å². The van der Waals surface area contributed by atoms with Gasteiger partial charge in [0.1, 0.15) is 0 Å². The zero-order valence-corrected chi connectivity index (χ0v) is 20.6. The number of aliphatic carboxylic acids is 1. The zero-order valence-electron chi connectivity index (χ0n) is 20.6. The smallest absolute Gasteiger partial charge is 0.323 e. The van der Waals surface area contributed by atoms with E-state index in [-0.39, 0.29) is 30.7 Å². The summed E-state index contributed by atoms with van der Waals surface area (Å²) in [5.41, 5.74) is 6.22. The summed E-state index contributed by atoms with van der Waals surface area (Å²) in [5, 5.41) is 14.7. The molecule has 1 atom stereocenters. The lowest BCUT2D eigenvalue weighted by Crippen LogP contribution is -2.36. The lowest BCUT2D eigenvalue weighted by molar-refractivity contribution is -0.137. The van der Waals surface area contributed by atoms with E-state index in [1.807, 2.05) is 73.3 Å². The number of hydrogen-bond acceptors (Lipinski definition) is 3. The van der Waals surface area contributed by atoms with Crippen molar-refractivity contribution in [1.29, 1.82) is 0 Å². The Bertz CT molecular complexity index is 1270. The van der Waals surface area contributed by atoms with Crippen LogP contribution < -0.4 is 15.5 Å². The van der Waals surface area contributed by atoms with Gasteiger partial charge < -0.3 is 20.6 Å². The first kappa shape index (κ1) is 25.0. The summed E-state index contributed by atoms with van der Waals surface area (Å²) < 4.78 is 0. The molecule has 3 aromatic carbocycles. The molecule has 0 saturated heterocycles. The lowest BCUT2D eigenvalue weighted by atomic mass is 9.92. The lowest BCUT2D eigenvalue weighted by Gasteiger charge is -2.30. The predicted molar refractivity (Wildman–Crippen MR) is 142 cm³/mol.